The lowest BCUT2D eigenvalue weighted by Gasteiger charge is -2.23. The second kappa shape index (κ2) is 9.09. The van der Waals surface area contributed by atoms with Gasteiger partial charge in [0, 0.05) is 4.90 Å². The highest BCUT2D eigenvalue weighted by Crippen LogP contribution is 2.36. The molecule has 0 radical (unpaired) electrons. The van der Waals surface area contributed by atoms with Crippen LogP contribution in [0.4, 0.5) is 10.5 Å². The summed E-state index contributed by atoms with van der Waals surface area (Å²) >= 11 is 1.26. The van der Waals surface area contributed by atoms with Crippen LogP contribution in [0.15, 0.2) is 52.0 Å². The van der Waals surface area contributed by atoms with Gasteiger partial charge in [-0.2, -0.15) is 0 Å². The molecule has 9 nitrogen and oxygen atoms in total. The second-order valence-corrected chi connectivity index (χ2v) is 7.01. The number of carbonyl (C=O) groups is 4. The summed E-state index contributed by atoms with van der Waals surface area (Å²) in [7, 11) is 0. The molecular formula is C18H17N3O6S. The smallest absolute Gasteiger partial charge is 0.321 e. The van der Waals surface area contributed by atoms with Crippen LogP contribution in [0.1, 0.15) is 12.2 Å². The van der Waals surface area contributed by atoms with Gasteiger partial charge in [0.2, 0.25) is 5.91 Å². The largest absolute Gasteiger partial charge is 0.467 e. The number of para-hydroxylation sites is 1. The van der Waals surface area contributed by atoms with Gasteiger partial charge in [0.1, 0.15) is 5.76 Å². The molecule has 3 N–H and O–H groups in total. The summed E-state index contributed by atoms with van der Waals surface area (Å²) in [5.41, 5.74) is 0.696. The predicted molar refractivity (Wildman–Crippen MR) is 99.4 cm³/mol. The van der Waals surface area contributed by atoms with E-state index in [1.54, 1.807) is 24.3 Å². The van der Waals surface area contributed by atoms with Crippen molar-refractivity contribution >= 4 is 41.3 Å². The number of rotatable bonds is 6. The first kappa shape index (κ1) is 19.5. The van der Waals surface area contributed by atoms with Crippen molar-refractivity contribution < 1.29 is 28.3 Å². The number of carbonyl (C=O) groups excluding carboxylic acids is 4. The van der Waals surface area contributed by atoms with Gasteiger partial charge in [0.05, 0.1) is 30.2 Å². The Morgan fingerprint density at radius 2 is 2.00 bits per heavy atom. The van der Waals surface area contributed by atoms with Crippen LogP contribution in [0.5, 0.6) is 0 Å². The van der Waals surface area contributed by atoms with Crippen LogP contribution in [0, 0.1) is 0 Å². The highest BCUT2D eigenvalue weighted by Gasteiger charge is 2.29. The molecule has 3 rings (SSSR count). The molecule has 10 heteroatoms. The van der Waals surface area contributed by atoms with Crippen molar-refractivity contribution in [3.8, 4) is 0 Å². The van der Waals surface area contributed by atoms with Crippen molar-refractivity contribution in [3.05, 3.63) is 48.4 Å². The number of nitrogens with one attached hydrogen (secondary N) is 3. The van der Waals surface area contributed by atoms with E-state index in [4.69, 9.17) is 9.15 Å². The summed E-state index contributed by atoms with van der Waals surface area (Å²) in [5, 5.41) is 6.53. The number of furan rings is 1. The molecule has 0 fully saturated rings. The molecule has 0 bridgehead atoms. The molecule has 0 unspecified atom stereocenters. The second-order valence-electron chi connectivity index (χ2n) is 5.77. The molecule has 0 saturated heterocycles. The van der Waals surface area contributed by atoms with E-state index in [0.717, 1.165) is 4.90 Å². The lowest BCUT2D eigenvalue weighted by Crippen LogP contribution is -2.41. The molecule has 1 atom stereocenters. The van der Waals surface area contributed by atoms with Crippen LogP contribution in [0.2, 0.25) is 0 Å². The summed E-state index contributed by atoms with van der Waals surface area (Å²) in [5.74, 6) is -1.27. The van der Waals surface area contributed by atoms with Crippen LogP contribution in [-0.2, 0) is 25.7 Å². The number of amides is 4. The van der Waals surface area contributed by atoms with Gasteiger partial charge in [-0.05, 0) is 24.3 Å². The van der Waals surface area contributed by atoms with Crippen LogP contribution < -0.4 is 16.0 Å². The van der Waals surface area contributed by atoms with Crippen LogP contribution in [-0.4, -0.2) is 35.7 Å². The van der Waals surface area contributed by atoms with Gasteiger partial charge in [-0.3, -0.25) is 19.7 Å². The maximum Gasteiger partial charge on any atom is 0.321 e. The summed E-state index contributed by atoms with van der Waals surface area (Å²) in [4.78, 5) is 48.1. The van der Waals surface area contributed by atoms with Crippen molar-refractivity contribution in [1.82, 2.24) is 10.6 Å². The zero-order valence-corrected chi connectivity index (χ0v) is 15.4. The van der Waals surface area contributed by atoms with Gasteiger partial charge in [-0.15, -0.1) is 11.8 Å². The number of hydrogen-bond acceptors (Lipinski definition) is 7. The third-order valence-electron chi connectivity index (χ3n) is 3.68. The van der Waals surface area contributed by atoms with E-state index in [-0.39, 0.29) is 18.9 Å². The zero-order valence-electron chi connectivity index (χ0n) is 14.6. The maximum atomic E-state index is 12.1. The number of thioether (sulfide) groups is 1. The fourth-order valence-electron chi connectivity index (χ4n) is 2.37. The van der Waals surface area contributed by atoms with E-state index in [2.05, 4.69) is 10.6 Å². The quantitative estimate of drug-likeness (QED) is 0.626. The molecule has 2 aromatic rings. The fraction of sp³-hybridized carbons (Fsp3) is 0.222. The molecule has 1 aromatic carbocycles. The standard InChI is InChI=1S/C18H17N3O6S/c22-15(21-18(25)19-9-11-4-3-7-26-11)10-27-16(23)8-14-17(24)20-12-5-1-2-6-13(12)28-14/h1-7,14H,8-10H2,(H,20,24)(H2,19,21,22,25)/t14-/m0/s1. The summed E-state index contributed by atoms with van der Waals surface area (Å²) in [6.45, 7) is -0.510. The van der Waals surface area contributed by atoms with E-state index in [1.807, 2.05) is 17.4 Å². The van der Waals surface area contributed by atoms with Crippen molar-refractivity contribution in [2.75, 3.05) is 11.9 Å². The van der Waals surface area contributed by atoms with E-state index >= 15 is 0 Å². The van der Waals surface area contributed by atoms with Gasteiger partial charge in [-0.1, -0.05) is 12.1 Å². The average Bonchev–Trinajstić information content (AvgIpc) is 3.19. The third-order valence-corrected chi connectivity index (χ3v) is 4.95. The van der Waals surface area contributed by atoms with Crippen molar-refractivity contribution in [3.63, 3.8) is 0 Å². The van der Waals surface area contributed by atoms with E-state index in [0.29, 0.717) is 11.4 Å². The van der Waals surface area contributed by atoms with Crippen LogP contribution >= 0.6 is 11.8 Å². The zero-order chi connectivity index (χ0) is 19.9. The SMILES string of the molecule is O=C(COC(=O)C[C@@H]1Sc2ccccc2NC1=O)NC(=O)NCc1ccco1. The molecule has 146 valence electrons. The van der Waals surface area contributed by atoms with Crippen molar-refractivity contribution in [2.45, 2.75) is 23.1 Å². The molecule has 4 amide bonds. The average molecular weight is 403 g/mol. The summed E-state index contributed by atoms with van der Waals surface area (Å²) < 4.78 is 9.89. The minimum atomic E-state index is -0.781. The lowest BCUT2D eigenvalue weighted by atomic mass is 10.2. The Hall–Kier alpha value is -3.27. The Balaban J connectivity index is 1.38. The monoisotopic (exact) mass is 403 g/mol. The fourth-order valence-corrected chi connectivity index (χ4v) is 3.47. The highest BCUT2D eigenvalue weighted by molar-refractivity contribution is 8.01. The number of benzene rings is 1. The molecule has 28 heavy (non-hydrogen) atoms. The Bertz CT molecular complexity index is 883. The molecule has 2 heterocycles. The number of fused-ring (bicyclic) bond motifs is 1. The number of hydrogen-bond donors (Lipinski definition) is 3. The topological polar surface area (TPSA) is 127 Å². The Labute approximate surface area is 164 Å². The van der Waals surface area contributed by atoms with Crippen LogP contribution in [0.3, 0.4) is 0 Å². The van der Waals surface area contributed by atoms with E-state index < -0.39 is 29.8 Å². The van der Waals surface area contributed by atoms with E-state index in [9.17, 15) is 19.2 Å². The molecule has 0 spiro atoms. The normalized spacial score (nSPS) is 15.1. The predicted octanol–water partition coefficient (Wildman–Crippen LogP) is 1.65. The van der Waals surface area contributed by atoms with Crippen LogP contribution in [0.25, 0.3) is 0 Å². The van der Waals surface area contributed by atoms with Crippen molar-refractivity contribution in [2.24, 2.45) is 0 Å². The summed E-state index contributed by atoms with van der Waals surface area (Å²) in [6, 6.07) is 9.85. The van der Waals surface area contributed by atoms with Gasteiger partial charge >= 0.3 is 12.0 Å². The first-order valence-electron chi connectivity index (χ1n) is 8.33. The number of urea groups is 1. The number of anilines is 1. The molecule has 1 aromatic heterocycles. The molecule has 0 aliphatic carbocycles. The third kappa shape index (κ3) is 5.36. The number of imide groups is 1. The number of esters is 1. The van der Waals surface area contributed by atoms with E-state index in [1.165, 1.54) is 18.0 Å². The molecular weight excluding hydrogens is 386 g/mol. The first-order valence-corrected chi connectivity index (χ1v) is 9.21. The molecule has 1 aliphatic heterocycles. The van der Waals surface area contributed by atoms with Gasteiger partial charge in [-0.25, -0.2) is 4.79 Å². The Kier molecular flexibility index (Phi) is 6.33. The van der Waals surface area contributed by atoms with Gasteiger partial charge < -0.3 is 19.8 Å². The van der Waals surface area contributed by atoms with Gasteiger partial charge in [0.15, 0.2) is 6.61 Å². The molecule has 1 aliphatic rings. The Morgan fingerprint density at radius 1 is 1.18 bits per heavy atom. The minimum Gasteiger partial charge on any atom is -0.467 e. The highest BCUT2D eigenvalue weighted by atomic mass is 32.2. The lowest BCUT2D eigenvalue weighted by molar-refractivity contribution is -0.148. The van der Waals surface area contributed by atoms with Gasteiger partial charge in [0.25, 0.3) is 5.91 Å². The minimum absolute atomic E-state index is 0.112. The Morgan fingerprint density at radius 3 is 2.79 bits per heavy atom. The first-order chi connectivity index (χ1) is 13.5. The number of ether oxygens (including phenoxy) is 1. The molecule has 0 saturated carbocycles. The van der Waals surface area contributed by atoms with Crippen molar-refractivity contribution in [1.29, 1.82) is 0 Å². The summed E-state index contributed by atoms with van der Waals surface area (Å²) in [6.07, 6.45) is 1.27. The maximum absolute atomic E-state index is 12.1.